The maximum absolute atomic E-state index is 15.0. The fourth-order valence-electron chi connectivity index (χ4n) is 6.78. The van der Waals surface area contributed by atoms with Crippen LogP contribution in [-0.4, -0.2) is 70.4 Å². The number of amides is 1. The first kappa shape index (κ1) is 30.5. The highest BCUT2D eigenvalue weighted by atomic mass is 35.5. The molecule has 1 aromatic carbocycles. The van der Waals surface area contributed by atoms with Gasteiger partial charge in [-0.3, -0.25) is 24.5 Å². The van der Waals surface area contributed by atoms with Crippen LogP contribution in [0, 0.1) is 23.2 Å². The Bertz CT molecular complexity index is 2000. The number of ketones is 1. The summed E-state index contributed by atoms with van der Waals surface area (Å²) in [5.41, 5.74) is 0.729. The van der Waals surface area contributed by atoms with Gasteiger partial charge in [0.2, 0.25) is 10.0 Å². The van der Waals surface area contributed by atoms with E-state index in [-0.39, 0.29) is 56.2 Å². The molecule has 3 aliphatic rings. The quantitative estimate of drug-likeness (QED) is 0.200. The molecule has 3 aromatic heterocycles. The van der Waals surface area contributed by atoms with Gasteiger partial charge in [0.1, 0.15) is 15.1 Å². The van der Waals surface area contributed by atoms with Crippen LogP contribution in [0.4, 0.5) is 0 Å². The number of carbonyl (C=O) groups is 2. The monoisotopic (exact) mass is 690 g/mol. The zero-order valence-electron chi connectivity index (χ0n) is 24.1. The van der Waals surface area contributed by atoms with Crippen molar-refractivity contribution in [1.29, 1.82) is 5.26 Å². The lowest BCUT2D eigenvalue weighted by atomic mass is 9.82. The van der Waals surface area contributed by atoms with Crippen LogP contribution in [0.5, 0.6) is 0 Å². The number of aromatic nitrogens is 2. The molecule has 1 saturated carbocycles. The van der Waals surface area contributed by atoms with Crippen molar-refractivity contribution in [3.05, 3.63) is 122 Å². The fraction of sp³-hybridized carbons (Fsp3) is 0.219. The van der Waals surface area contributed by atoms with Gasteiger partial charge < -0.3 is 4.90 Å². The van der Waals surface area contributed by atoms with E-state index < -0.39 is 15.6 Å². The maximum atomic E-state index is 15.0. The number of thiophene rings is 1. The van der Waals surface area contributed by atoms with Gasteiger partial charge in [0.25, 0.3) is 5.91 Å². The number of hydrogen-bond acceptors (Lipinski definition) is 9. The van der Waals surface area contributed by atoms with Crippen molar-refractivity contribution in [3.8, 4) is 6.07 Å². The number of hydrogen-bond donors (Lipinski definition) is 0. The number of carbonyl (C=O) groups excluding carboxylic acids is 2. The second kappa shape index (κ2) is 11.3. The summed E-state index contributed by atoms with van der Waals surface area (Å²) in [5, 5.41) is 9.20. The normalized spacial score (nSPS) is 23.0. The number of halogens is 2. The van der Waals surface area contributed by atoms with E-state index in [0.717, 1.165) is 11.3 Å². The SMILES string of the molecule is CN1C(=CC(=O)c2ccc(C#N)cc2)N([C@H]2[C@@H]3CN(S(=O)(=O)c4cc(Cl)sc4Cl)C[C@@H]32)C(=O)C1(c1ccncc1)c1ccncc1. The van der Waals surface area contributed by atoms with Crippen molar-refractivity contribution in [2.24, 2.45) is 11.8 Å². The molecule has 0 bridgehead atoms. The average Bonchev–Trinajstić information content (AvgIpc) is 3.31. The van der Waals surface area contributed by atoms with Crippen LogP contribution in [0.2, 0.25) is 8.67 Å². The van der Waals surface area contributed by atoms with Crippen molar-refractivity contribution >= 4 is 56.3 Å². The predicted octanol–water partition coefficient (Wildman–Crippen LogP) is 4.78. The molecule has 5 heterocycles. The van der Waals surface area contributed by atoms with Crippen LogP contribution in [0.1, 0.15) is 27.0 Å². The van der Waals surface area contributed by atoms with Crippen molar-refractivity contribution in [2.75, 3.05) is 20.1 Å². The third-order valence-electron chi connectivity index (χ3n) is 9.03. The first-order chi connectivity index (χ1) is 22.1. The lowest BCUT2D eigenvalue weighted by molar-refractivity contribution is -0.132. The number of piperidine rings is 1. The first-order valence-corrected chi connectivity index (χ1v) is 17.2. The van der Waals surface area contributed by atoms with Crippen molar-refractivity contribution in [2.45, 2.75) is 16.5 Å². The minimum absolute atomic E-state index is 0.0259. The highest BCUT2D eigenvalue weighted by Crippen LogP contribution is 2.56. The van der Waals surface area contributed by atoms with Crippen LogP contribution in [-0.2, 0) is 20.4 Å². The highest BCUT2D eigenvalue weighted by Gasteiger charge is 2.67. The number of benzene rings is 1. The Morgan fingerprint density at radius 2 is 1.57 bits per heavy atom. The summed E-state index contributed by atoms with van der Waals surface area (Å²) in [6.07, 6.45) is 7.90. The summed E-state index contributed by atoms with van der Waals surface area (Å²) in [4.78, 5) is 40.5. The van der Waals surface area contributed by atoms with Gasteiger partial charge in [-0.1, -0.05) is 23.2 Å². The molecule has 14 heteroatoms. The van der Waals surface area contributed by atoms with E-state index in [1.165, 1.54) is 16.4 Å². The van der Waals surface area contributed by atoms with E-state index in [1.807, 2.05) is 6.07 Å². The number of fused-ring (bicyclic) bond motifs is 1. The molecule has 1 aliphatic carbocycles. The molecule has 3 fully saturated rings. The molecule has 2 saturated heterocycles. The van der Waals surface area contributed by atoms with Crippen LogP contribution in [0.15, 0.2) is 96.2 Å². The molecular weight excluding hydrogens is 667 g/mol. The summed E-state index contributed by atoms with van der Waals surface area (Å²) in [5.74, 6) is -0.566. The van der Waals surface area contributed by atoms with Gasteiger partial charge in [-0.2, -0.15) is 9.57 Å². The standard InChI is InChI=1S/C32H24Cl2N6O4S2/c1-38-28(14-25(41)20-4-2-19(16-35)3-5-20)40(31(42)32(38,21-6-10-36-11-7-21)22-8-12-37-13-9-22)29-23-17-39(18-24(23)29)46(43,44)26-15-27(33)45-30(26)34/h2-15,23-24,29H,17-18H2,1H3/t23-,24+,29+. The Hall–Kier alpha value is -4.12. The molecule has 3 atom stereocenters. The highest BCUT2D eigenvalue weighted by molar-refractivity contribution is 7.89. The Morgan fingerprint density at radius 3 is 2.07 bits per heavy atom. The van der Waals surface area contributed by atoms with Gasteiger partial charge in [-0.05, 0) is 65.7 Å². The zero-order chi connectivity index (χ0) is 32.4. The molecule has 232 valence electrons. The molecule has 1 amide bonds. The third kappa shape index (κ3) is 4.65. The van der Waals surface area contributed by atoms with E-state index in [9.17, 15) is 18.5 Å². The third-order valence-corrected chi connectivity index (χ3v) is 12.6. The number of rotatable bonds is 7. The molecular formula is C32H24Cl2N6O4S2. The summed E-state index contributed by atoms with van der Waals surface area (Å²) < 4.78 is 28.7. The van der Waals surface area contributed by atoms with Gasteiger partial charge in [-0.15, -0.1) is 11.3 Å². The summed E-state index contributed by atoms with van der Waals surface area (Å²) in [6.45, 7) is 0.368. The van der Waals surface area contributed by atoms with Crippen LogP contribution >= 0.6 is 34.5 Å². The summed E-state index contributed by atoms with van der Waals surface area (Å²) in [7, 11) is -2.13. The topological polar surface area (TPSA) is 128 Å². The molecule has 2 aliphatic heterocycles. The smallest absolute Gasteiger partial charge is 0.263 e. The molecule has 0 radical (unpaired) electrons. The largest absolute Gasteiger partial charge is 0.339 e. The lowest BCUT2D eigenvalue weighted by Gasteiger charge is -2.35. The molecule has 7 rings (SSSR count). The van der Waals surface area contributed by atoms with Crippen LogP contribution in [0.25, 0.3) is 0 Å². The lowest BCUT2D eigenvalue weighted by Crippen LogP contribution is -2.46. The van der Waals surface area contributed by atoms with Crippen molar-refractivity contribution in [1.82, 2.24) is 24.1 Å². The van der Waals surface area contributed by atoms with E-state index >= 15 is 4.79 Å². The minimum atomic E-state index is -3.90. The van der Waals surface area contributed by atoms with Crippen molar-refractivity contribution in [3.63, 3.8) is 0 Å². The van der Waals surface area contributed by atoms with Crippen LogP contribution < -0.4 is 0 Å². The van der Waals surface area contributed by atoms with Gasteiger partial charge in [0.05, 0.1) is 16.0 Å². The van der Waals surface area contributed by atoms with Gasteiger partial charge in [0, 0.05) is 74.4 Å². The Balaban J connectivity index is 1.30. The fourth-order valence-corrected chi connectivity index (χ4v) is 10.4. The van der Waals surface area contributed by atoms with E-state index in [0.29, 0.717) is 28.1 Å². The van der Waals surface area contributed by atoms with E-state index in [2.05, 4.69) is 9.97 Å². The van der Waals surface area contributed by atoms with E-state index in [1.54, 1.807) is 90.2 Å². The maximum Gasteiger partial charge on any atom is 0.263 e. The molecule has 46 heavy (non-hydrogen) atoms. The van der Waals surface area contributed by atoms with E-state index in [4.69, 9.17) is 23.2 Å². The van der Waals surface area contributed by atoms with Crippen LogP contribution in [0.3, 0.4) is 0 Å². The Morgan fingerprint density at radius 1 is 1.00 bits per heavy atom. The second-order valence-corrected chi connectivity index (χ2v) is 15.5. The number of nitrogens with zero attached hydrogens (tertiary/aromatic N) is 6. The number of allylic oxidation sites excluding steroid dienone is 1. The minimum Gasteiger partial charge on any atom is -0.339 e. The van der Waals surface area contributed by atoms with Gasteiger partial charge in [0.15, 0.2) is 11.3 Å². The summed E-state index contributed by atoms with van der Waals surface area (Å²) in [6, 6.07) is 16.4. The number of likely N-dealkylation sites (N-methyl/N-ethyl adjacent to an activating group) is 1. The van der Waals surface area contributed by atoms with Gasteiger partial charge in [-0.25, -0.2) is 8.42 Å². The predicted molar refractivity (Wildman–Crippen MR) is 171 cm³/mol. The molecule has 4 aromatic rings. The average molecular weight is 692 g/mol. The second-order valence-electron chi connectivity index (χ2n) is 11.3. The number of sulfonamides is 1. The molecule has 0 spiro atoms. The zero-order valence-corrected chi connectivity index (χ0v) is 27.3. The Labute approximate surface area is 279 Å². The summed E-state index contributed by atoms with van der Waals surface area (Å²) >= 11 is 13.3. The Kier molecular flexibility index (Phi) is 7.49. The molecule has 0 N–H and O–H groups in total. The molecule has 10 nitrogen and oxygen atoms in total. The van der Waals surface area contributed by atoms with Gasteiger partial charge >= 0.3 is 0 Å². The number of pyridine rings is 2. The number of nitriles is 1. The molecule has 0 unspecified atom stereocenters. The van der Waals surface area contributed by atoms with Crippen molar-refractivity contribution < 1.29 is 18.0 Å². The first-order valence-electron chi connectivity index (χ1n) is 14.2.